The second kappa shape index (κ2) is 6.20. The van der Waals surface area contributed by atoms with Crippen LogP contribution in [0.1, 0.15) is 50.7 Å². The highest BCUT2D eigenvalue weighted by Crippen LogP contribution is 2.34. The van der Waals surface area contributed by atoms with Crippen LogP contribution in [0.4, 0.5) is 0 Å². The number of aliphatic carboxylic acids is 1. The lowest BCUT2D eigenvalue weighted by atomic mass is 9.74. The molecular formula is C15H19NO2. The predicted molar refractivity (Wildman–Crippen MR) is 70.3 cm³/mol. The van der Waals surface area contributed by atoms with Gasteiger partial charge in [-0.2, -0.15) is 5.26 Å². The van der Waals surface area contributed by atoms with Gasteiger partial charge in [0.2, 0.25) is 0 Å². The largest absolute Gasteiger partial charge is 0.481 e. The number of hydrogen-bond acceptors (Lipinski definition) is 2. The number of nitrogens with zero attached hydrogens (tertiary/aromatic N) is 1. The summed E-state index contributed by atoms with van der Waals surface area (Å²) in [5.74, 6) is -0.775. The van der Waals surface area contributed by atoms with Crippen molar-refractivity contribution in [1.82, 2.24) is 0 Å². The maximum absolute atomic E-state index is 11.6. The number of hydrogen-bond donors (Lipinski definition) is 1. The fourth-order valence-corrected chi connectivity index (χ4v) is 2.25. The summed E-state index contributed by atoms with van der Waals surface area (Å²) >= 11 is 0. The number of nitriles is 1. The molecule has 0 aromatic heterocycles. The highest BCUT2D eigenvalue weighted by Gasteiger charge is 2.37. The number of carboxylic acids is 1. The maximum Gasteiger partial charge on any atom is 0.314 e. The zero-order valence-electron chi connectivity index (χ0n) is 10.9. The Balaban J connectivity index is 3.15. The summed E-state index contributed by atoms with van der Waals surface area (Å²) in [5.41, 5.74) is 0.541. The third-order valence-electron chi connectivity index (χ3n) is 3.54. The van der Waals surface area contributed by atoms with E-state index in [0.717, 1.165) is 18.4 Å². The molecule has 0 saturated carbocycles. The van der Waals surface area contributed by atoms with Crippen LogP contribution in [0.2, 0.25) is 0 Å². The van der Waals surface area contributed by atoms with Crippen molar-refractivity contribution < 1.29 is 9.90 Å². The Morgan fingerprint density at radius 1 is 1.33 bits per heavy atom. The van der Waals surface area contributed by atoms with Gasteiger partial charge in [0.1, 0.15) is 0 Å². The van der Waals surface area contributed by atoms with Crippen LogP contribution in [-0.4, -0.2) is 11.1 Å². The van der Waals surface area contributed by atoms with Gasteiger partial charge < -0.3 is 5.11 Å². The van der Waals surface area contributed by atoms with Crippen molar-refractivity contribution in [2.45, 2.75) is 44.9 Å². The summed E-state index contributed by atoms with van der Waals surface area (Å²) in [6, 6.07) is 8.97. The standard InChI is InChI=1S/C15H19NO2/c1-3-5-10-15(4-2,14(17)18)13-8-6-12(11-16)7-9-13/h6-9H,3-5,10H2,1-2H3,(H,17,18). The smallest absolute Gasteiger partial charge is 0.314 e. The zero-order valence-corrected chi connectivity index (χ0v) is 10.9. The minimum Gasteiger partial charge on any atom is -0.481 e. The van der Waals surface area contributed by atoms with Crippen LogP contribution in [-0.2, 0) is 10.2 Å². The molecule has 3 heteroatoms. The number of unbranched alkanes of at least 4 members (excludes halogenated alkanes) is 1. The Morgan fingerprint density at radius 2 is 1.94 bits per heavy atom. The van der Waals surface area contributed by atoms with Crippen LogP contribution in [0.25, 0.3) is 0 Å². The first-order valence-corrected chi connectivity index (χ1v) is 6.34. The fourth-order valence-electron chi connectivity index (χ4n) is 2.25. The lowest BCUT2D eigenvalue weighted by Crippen LogP contribution is -2.35. The number of carbonyl (C=O) groups is 1. The lowest BCUT2D eigenvalue weighted by Gasteiger charge is -2.28. The van der Waals surface area contributed by atoms with E-state index in [-0.39, 0.29) is 0 Å². The minimum absolute atomic E-state index is 0.560. The first-order chi connectivity index (χ1) is 8.60. The zero-order chi connectivity index (χ0) is 13.6. The molecule has 0 bridgehead atoms. The average molecular weight is 245 g/mol. The Bertz CT molecular complexity index is 445. The second-order valence-electron chi connectivity index (χ2n) is 4.53. The fraction of sp³-hybridized carbons (Fsp3) is 0.467. The van der Waals surface area contributed by atoms with E-state index in [2.05, 4.69) is 6.92 Å². The summed E-state index contributed by atoms with van der Waals surface area (Å²) in [6.45, 7) is 3.96. The van der Waals surface area contributed by atoms with Gasteiger partial charge in [0.15, 0.2) is 0 Å². The third kappa shape index (κ3) is 2.70. The summed E-state index contributed by atoms with van der Waals surface area (Å²) in [4.78, 5) is 11.6. The molecule has 1 unspecified atom stereocenters. The molecule has 0 aliphatic carbocycles. The van der Waals surface area contributed by atoms with Gasteiger partial charge in [0.25, 0.3) is 0 Å². The summed E-state index contributed by atoms with van der Waals surface area (Å²) in [5, 5.41) is 18.3. The van der Waals surface area contributed by atoms with E-state index in [0.29, 0.717) is 18.4 Å². The Kier molecular flexibility index (Phi) is 4.91. The van der Waals surface area contributed by atoms with E-state index >= 15 is 0 Å². The molecule has 0 radical (unpaired) electrons. The monoisotopic (exact) mass is 245 g/mol. The SMILES string of the molecule is CCCCC(CC)(C(=O)O)c1ccc(C#N)cc1. The van der Waals surface area contributed by atoms with Crippen LogP contribution in [0.5, 0.6) is 0 Å². The molecular weight excluding hydrogens is 226 g/mol. The molecule has 3 nitrogen and oxygen atoms in total. The van der Waals surface area contributed by atoms with E-state index in [9.17, 15) is 9.90 Å². The van der Waals surface area contributed by atoms with Crippen molar-refractivity contribution in [2.24, 2.45) is 0 Å². The van der Waals surface area contributed by atoms with Crippen molar-refractivity contribution >= 4 is 5.97 Å². The average Bonchev–Trinajstić information content (AvgIpc) is 2.40. The van der Waals surface area contributed by atoms with Crippen LogP contribution >= 0.6 is 0 Å². The number of carboxylic acid groups (broad SMARTS) is 1. The van der Waals surface area contributed by atoms with Gasteiger partial charge in [0, 0.05) is 0 Å². The molecule has 0 aliphatic heterocycles. The van der Waals surface area contributed by atoms with Crippen LogP contribution in [0, 0.1) is 11.3 Å². The molecule has 0 fully saturated rings. The lowest BCUT2D eigenvalue weighted by molar-refractivity contribution is -0.144. The molecule has 1 rings (SSSR count). The summed E-state index contributed by atoms with van der Waals surface area (Å²) < 4.78 is 0. The number of benzene rings is 1. The predicted octanol–water partition coefficient (Wildman–Crippen LogP) is 3.48. The molecule has 0 saturated heterocycles. The molecule has 1 N–H and O–H groups in total. The van der Waals surface area contributed by atoms with Gasteiger partial charge in [-0.15, -0.1) is 0 Å². The molecule has 0 amide bonds. The first-order valence-electron chi connectivity index (χ1n) is 6.34. The number of rotatable bonds is 6. The molecule has 1 atom stereocenters. The normalized spacial score (nSPS) is 13.6. The van der Waals surface area contributed by atoms with E-state index in [1.54, 1.807) is 24.3 Å². The first kappa shape index (κ1) is 14.2. The van der Waals surface area contributed by atoms with E-state index in [1.165, 1.54) is 0 Å². The Morgan fingerprint density at radius 3 is 2.33 bits per heavy atom. The van der Waals surface area contributed by atoms with Crippen LogP contribution in [0.3, 0.4) is 0 Å². The van der Waals surface area contributed by atoms with Gasteiger partial charge in [-0.05, 0) is 30.5 Å². The van der Waals surface area contributed by atoms with Crippen molar-refractivity contribution in [2.75, 3.05) is 0 Å². The molecule has 0 spiro atoms. The van der Waals surface area contributed by atoms with Crippen molar-refractivity contribution in [3.8, 4) is 6.07 Å². The van der Waals surface area contributed by atoms with Gasteiger partial charge >= 0.3 is 5.97 Å². The van der Waals surface area contributed by atoms with Gasteiger partial charge in [-0.25, -0.2) is 0 Å². The van der Waals surface area contributed by atoms with Crippen LogP contribution < -0.4 is 0 Å². The van der Waals surface area contributed by atoms with Gasteiger partial charge in [0.05, 0.1) is 17.0 Å². The van der Waals surface area contributed by atoms with Gasteiger partial charge in [-0.1, -0.05) is 38.8 Å². The molecule has 1 aromatic carbocycles. The second-order valence-corrected chi connectivity index (χ2v) is 4.53. The maximum atomic E-state index is 11.6. The summed E-state index contributed by atoms with van der Waals surface area (Å²) in [6.07, 6.45) is 3.07. The van der Waals surface area contributed by atoms with Crippen molar-refractivity contribution in [1.29, 1.82) is 5.26 Å². The van der Waals surface area contributed by atoms with Crippen molar-refractivity contribution in [3.63, 3.8) is 0 Å². The van der Waals surface area contributed by atoms with E-state index < -0.39 is 11.4 Å². The topological polar surface area (TPSA) is 61.1 Å². The molecule has 0 heterocycles. The quantitative estimate of drug-likeness (QED) is 0.834. The molecule has 18 heavy (non-hydrogen) atoms. The van der Waals surface area contributed by atoms with E-state index in [1.807, 2.05) is 13.0 Å². The molecule has 96 valence electrons. The molecule has 0 aliphatic rings. The highest BCUT2D eigenvalue weighted by atomic mass is 16.4. The third-order valence-corrected chi connectivity index (χ3v) is 3.54. The molecule has 1 aromatic rings. The Labute approximate surface area is 108 Å². The van der Waals surface area contributed by atoms with E-state index in [4.69, 9.17) is 5.26 Å². The Hall–Kier alpha value is -1.82. The van der Waals surface area contributed by atoms with Crippen molar-refractivity contribution in [3.05, 3.63) is 35.4 Å². The van der Waals surface area contributed by atoms with Crippen LogP contribution in [0.15, 0.2) is 24.3 Å². The minimum atomic E-state index is -0.815. The summed E-state index contributed by atoms with van der Waals surface area (Å²) in [7, 11) is 0. The van der Waals surface area contributed by atoms with Gasteiger partial charge in [-0.3, -0.25) is 4.79 Å². The highest BCUT2D eigenvalue weighted by molar-refractivity contribution is 5.81.